The Labute approximate surface area is 292 Å². The molecule has 4 aromatic rings. The Hall–Kier alpha value is -4.37. The summed E-state index contributed by atoms with van der Waals surface area (Å²) in [6.07, 6.45) is 1.70. The molecule has 4 aromatic carbocycles. The highest BCUT2D eigenvalue weighted by atomic mass is 35.5. The lowest BCUT2D eigenvalue weighted by Gasteiger charge is -2.27. The molecular weight excluding hydrogens is 647 g/mol. The van der Waals surface area contributed by atoms with Crippen LogP contribution in [0.5, 0.6) is 5.75 Å². The van der Waals surface area contributed by atoms with E-state index >= 15 is 0 Å². The number of hydrogen-bond donors (Lipinski definition) is 2. The van der Waals surface area contributed by atoms with Crippen molar-refractivity contribution in [3.8, 4) is 5.75 Å². The molecule has 0 aliphatic rings. The lowest BCUT2D eigenvalue weighted by molar-refractivity contribution is -0.141. The molecule has 0 heterocycles. The average molecular weight is 690 g/mol. The van der Waals surface area contributed by atoms with E-state index in [2.05, 4.69) is 29.6 Å². The summed E-state index contributed by atoms with van der Waals surface area (Å²) in [6, 6.07) is 33.3. The number of carbonyl (C=O) groups excluding carboxylic acids is 3. The van der Waals surface area contributed by atoms with Gasteiger partial charge in [-0.15, -0.1) is 0 Å². The van der Waals surface area contributed by atoms with E-state index in [4.69, 9.17) is 33.7 Å². The van der Waals surface area contributed by atoms with Crippen LogP contribution in [0.15, 0.2) is 103 Å². The maximum absolute atomic E-state index is 13.6. The number of rotatable bonds is 18. The van der Waals surface area contributed by atoms with Crippen molar-refractivity contribution in [3.63, 3.8) is 0 Å². The Morgan fingerprint density at radius 3 is 1.96 bits per heavy atom. The van der Waals surface area contributed by atoms with Crippen molar-refractivity contribution < 1.29 is 19.1 Å². The van der Waals surface area contributed by atoms with Gasteiger partial charge in [0.05, 0.1) is 26.7 Å². The molecule has 0 saturated carbocycles. The first-order valence-electron chi connectivity index (χ1n) is 15.9. The van der Waals surface area contributed by atoms with Crippen LogP contribution in [0.1, 0.15) is 34.6 Å². The zero-order valence-electron chi connectivity index (χ0n) is 27.1. The van der Waals surface area contributed by atoms with Gasteiger partial charge in [0.2, 0.25) is 17.7 Å². The summed E-state index contributed by atoms with van der Waals surface area (Å²) < 4.78 is 5.26. The SMILES string of the molecule is COc1ccc(CCN(CC(=O)N(CCc2ccc(Cl)cc2Cl)CC(N)=O)C(=O)CNCCC(c2ccccc2)c2ccccc2)cc1. The zero-order chi connectivity index (χ0) is 34.3. The minimum Gasteiger partial charge on any atom is -0.497 e. The molecule has 0 atom stereocenters. The summed E-state index contributed by atoms with van der Waals surface area (Å²) in [5.74, 6) is -0.338. The maximum Gasteiger partial charge on any atom is 0.242 e. The lowest BCUT2D eigenvalue weighted by Crippen LogP contribution is -2.48. The van der Waals surface area contributed by atoms with Crippen LogP contribution in [-0.2, 0) is 27.2 Å². The Balaban J connectivity index is 1.42. The van der Waals surface area contributed by atoms with E-state index in [9.17, 15) is 14.4 Å². The van der Waals surface area contributed by atoms with Gasteiger partial charge in [0.25, 0.3) is 0 Å². The molecule has 0 saturated heterocycles. The summed E-state index contributed by atoms with van der Waals surface area (Å²) in [7, 11) is 1.61. The standard InChI is InChI=1S/C38H42Cl2N4O4/c1-48-33-16-12-28(13-17-33)19-22-44(27-38(47)43(26-36(41)45)23-20-31-14-15-32(39)24-35(31)40)37(46)25-42-21-18-34(29-8-4-2-5-9-29)30-10-6-3-7-11-30/h2-17,24,34,42H,18-23,25-27H2,1H3,(H2,41,45). The fourth-order valence-corrected chi connectivity index (χ4v) is 6.02. The van der Waals surface area contributed by atoms with Gasteiger partial charge in [0, 0.05) is 29.1 Å². The molecule has 48 heavy (non-hydrogen) atoms. The quantitative estimate of drug-likeness (QED) is 0.130. The van der Waals surface area contributed by atoms with Crippen LogP contribution < -0.4 is 15.8 Å². The number of nitrogens with one attached hydrogen (secondary N) is 1. The van der Waals surface area contributed by atoms with Gasteiger partial charge in [-0.25, -0.2) is 0 Å². The number of primary amides is 1. The van der Waals surface area contributed by atoms with Crippen molar-refractivity contribution in [2.24, 2.45) is 5.73 Å². The largest absolute Gasteiger partial charge is 0.497 e. The molecule has 0 unspecified atom stereocenters. The number of ether oxygens (including phenoxy) is 1. The highest BCUT2D eigenvalue weighted by Gasteiger charge is 2.23. The minimum absolute atomic E-state index is 0.0579. The van der Waals surface area contributed by atoms with Gasteiger partial charge in [-0.05, 0) is 72.3 Å². The predicted molar refractivity (Wildman–Crippen MR) is 191 cm³/mol. The molecule has 0 aliphatic heterocycles. The average Bonchev–Trinajstić information content (AvgIpc) is 3.09. The number of halogens is 2. The Morgan fingerprint density at radius 1 is 0.771 bits per heavy atom. The van der Waals surface area contributed by atoms with Crippen LogP contribution in [0.2, 0.25) is 10.0 Å². The topological polar surface area (TPSA) is 105 Å². The normalized spacial score (nSPS) is 10.9. The van der Waals surface area contributed by atoms with Crippen molar-refractivity contribution in [1.29, 1.82) is 0 Å². The molecule has 0 fully saturated rings. The van der Waals surface area contributed by atoms with Gasteiger partial charge in [-0.3, -0.25) is 14.4 Å². The summed E-state index contributed by atoms with van der Waals surface area (Å²) >= 11 is 12.4. The van der Waals surface area contributed by atoms with Gasteiger partial charge in [0.1, 0.15) is 5.75 Å². The number of amides is 3. The molecule has 4 rings (SSSR count). The fourth-order valence-electron chi connectivity index (χ4n) is 5.52. The van der Waals surface area contributed by atoms with Crippen LogP contribution >= 0.6 is 23.2 Å². The third-order valence-corrected chi connectivity index (χ3v) is 8.75. The van der Waals surface area contributed by atoms with Crippen LogP contribution in [-0.4, -0.2) is 73.9 Å². The summed E-state index contributed by atoms with van der Waals surface area (Å²) in [6.45, 7) is 0.682. The molecule has 0 radical (unpaired) electrons. The van der Waals surface area contributed by atoms with Gasteiger partial charge < -0.3 is 25.6 Å². The molecule has 0 aliphatic carbocycles. The second-order valence-corrected chi connectivity index (χ2v) is 12.4. The number of methoxy groups -OCH3 is 1. The van der Waals surface area contributed by atoms with E-state index in [0.717, 1.165) is 23.3 Å². The molecule has 3 amide bonds. The molecule has 0 bridgehead atoms. The number of hydrogen-bond acceptors (Lipinski definition) is 5. The summed E-state index contributed by atoms with van der Waals surface area (Å²) in [4.78, 5) is 42.1. The van der Waals surface area contributed by atoms with Gasteiger partial charge >= 0.3 is 0 Å². The van der Waals surface area contributed by atoms with E-state index in [1.807, 2.05) is 60.7 Å². The number of nitrogens with two attached hydrogens (primary N) is 1. The van der Waals surface area contributed by atoms with E-state index in [0.29, 0.717) is 36.0 Å². The van der Waals surface area contributed by atoms with Crippen molar-refractivity contribution in [3.05, 3.63) is 135 Å². The highest BCUT2D eigenvalue weighted by Crippen LogP contribution is 2.27. The molecule has 8 nitrogen and oxygen atoms in total. The smallest absolute Gasteiger partial charge is 0.242 e. The van der Waals surface area contributed by atoms with Crippen LogP contribution in [0.3, 0.4) is 0 Å². The van der Waals surface area contributed by atoms with Crippen LogP contribution in [0, 0.1) is 0 Å². The Morgan fingerprint density at radius 2 is 1.38 bits per heavy atom. The molecule has 3 N–H and O–H groups in total. The van der Waals surface area contributed by atoms with E-state index in [1.165, 1.54) is 20.9 Å². The Bertz CT molecular complexity index is 1580. The van der Waals surface area contributed by atoms with Crippen molar-refractivity contribution >= 4 is 40.9 Å². The van der Waals surface area contributed by atoms with Crippen molar-refractivity contribution in [1.82, 2.24) is 15.1 Å². The third kappa shape index (κ3) is 11.4. The van der Waals surface area contributed by atoms with Gasteiger partial charge in [-0.2, -0.15) is 0 Å². The molecule has 252 valence electrons. The predicted octanol–water partition coefficient (Wildman–Crippen LogP) is 5.74. The van der Waals surface area contributed by atoms with E-state index in [-0.39, 0.29) is 43.9 Å². The highest BCUT2D eigenvalue weighted by molar-refractivity contribution is 6.35. The first kappa shape index (κ1) is 36.5. The second kappa shape index (κ2) is 18.8. The first-order chi connectivity index (χ1) is 23.2. The molecule has 0 spiro atoms. The summed E-state index contributed by atoms with van der Waals surface area (Å²) in [5.41, 5.74) is 9.70. The van der Waals surface area contributed by atoms with E-state index in [1.54, 1.807) is 25.3 Å². The van der Waals surface area contributed by atoms with Gasteiger partial charge in [0.15, 0.2) is 0 Å². The second-order valence-electron chi connectivity index (χ2n) is 11.5. The zero-order valence-corrected chi connectivity index (χ0v) is 28.6. The summed E-state index contributed by atoms with van der Waals surface area (Å²) in [5, 5.41) is 4.28. The molecule has 0 aromatic heterocycles. The third-order valence-electron chi connectivity index (χ3n) is 8.16. The number of carbonyl (C=O) groups is 3. The van der Waals surface area contributed by atoms with Crippen LogP contribution in [0.25, 0.3) is 0 Å². The maximum atomic E-state index is 13.6. The van der Waals surface area contributed by atoms with Crippen molar-refractivity contribution in [2.75, 3.05) is 46.4 Å². The molecule has 10 heteroatoms. The van der Waals surface area contributed by atoms with Crippen LogP contribution in [0.4, 0.5) is 0 Å². The van der Waals surface area contributed by atoms with Crippen molar-refractivity contribution in [2.45, 2.75) is 25.2 Å². The Kier molecular flexibility index (Phi) is 14.3. The lowest BCUT2D eigenvalue weighted by atomic mass is 9.88. The monoisotopic (exact) mass is 688 g/mol. The first-order valence-corrected chi connectivity index (χ1v) is 16.7. The minimum atomic E-state index is -0.644. The number of nitrogens with zero attached hydrogens (tertiary/aromatic N) is 2. The van der Waals surface area contributed by atoms with Gasteiger partial charge in [-0.1, -0.05) is 102 Å². The fraction of sp³-hybridized carbons (Fsp3) is 0.289. The number of benzene rings is 4. The molecular formula is C38H42Cl2N4O4. The van der Waals surface area contributed by atoms with E-state index < -0.39 is 5.91 Å².